The lowest BCUT2D eigenvalue weighted by molar-refractivity contribution is 0.468. The molecule has 0 aromatic heterocycles. The normalized spacial score (nSPS) is 26.6. The maximum absolute atomic E-state index is 3.66. The van der Waals surface area contributed by atoms with Crippen LogP contribution in [0, 0.1) is 0 Å². The van der Waals surface area contributed by atoms with E-state index in [0.717, 1.165) is 6.04 Å². The molecule has 1 aliphatic heterocycles. The second kappa shape index (κ2) is 11.8. The minimum atomic E-state index is 0.723. The Morgan fingerprint density at radius 3 is 2.00 bits per heavy atom. The SMILES string of the molecule is CC1CCCCCCC=CCCCCCCCN1. The first-order valence-corrected chi connectivity index (χ1v) is 8.28. The van der Waals surface area contributed by atoms with Crippen LogP contribution in [0.1, 0.15) is 84.0 Å². The number of hydrogen-bond acceptors (Lipinski definition) is 1. The van der Waals surface area contributed by atoms with Crippen LogP contribution >= 0.6 is 0 Å². The van der Waals surface area contributed by atoms with Gasteiger partial charge in [-0.1, -0.05) is 50.7 Å². The number of hydrogen-bond donors (Lipinski definition) is 1. The van der Waals surface area contributed by atoms with Gasteiger partial charge in [0.15, 0.2) is 0 Å². The van der Waals surface area contributed by atoms with E-state index in [0.29, 0.717) is 0 Å². The molecule has 0 bridgehead atoms. The van der Waals surface area contributed by atoms with Gasteiger partial charge in [-0.3, -0.25) is 0 Å². The summed E-state index contributed by atoms with van der Waals surface area (Å²) in [5, 5.41) is 3.66. The molecule has 106 valence electrons. The molecule has 0 saturated heterocycles. The van der Waals surface area contributed by atoms with Gasteiger partial charge in [0.05, 0.1) is 0 Å². The van der Waals surface area contributed by atoms with Crippen LogP contribution in [0.15, 0.2) is 12.2 Å². The molecule has 1 heteroatoms. The monoisotopic (exact) mass is 251 g/mol. The fourth-order valence-corrected chi connectivity index (χ4v) is 2.67. The lowest BCUT2D eigenvalue weighted by atomic mass is 10.1. The summed E-state index contributed by atoms with van der Waals surface area (Å²) in [5.74, 6) is 0. The first-order chi connectivity index (χ1) is 8.89. The van der Waals surface area contributed by atoms with Crippen LogP contribution in [0.3, 0.4) is 0 Å². The van der Waals surface area contributed by atoms with Crippen molar-refractivity contribution in [3.63, 3.8) is 0 Å². The van der Waals surface area contributed by atoms with Gasteiger partial charge in [-0.2, -0.15) is 0 Å². The van der Waals surface area contributed by atoms with Gasteiger partial charge in [0.2, 0.25) is 0 Å². The van der Waals surface area contributed by atoms with E-state index in [2.05, 4.69) is 24.4 Å². The highest BCUT2D eigenvalue weighted by atomic mass is 14.9. The average Bonchev–Trinajstić information content (AvgIpc) is 2.37. The van der Waals surface area contributed by atoms with Crippen molar-refractivity contribution in [1.82, 2.24) is 5.32 Å². The van der Waals surface area contributed by atoms with Gasteiger partial charge in [0.25, 0.3) is 0 Å². The summed E-state index contributed by atoms with van der Waals surface area (Å²) in [5.41, 5.74) is 0. The maximum atomic E-state index is 3.66. The van der Waals surface area contributed by atoms with Crippen molar-refractivity contribution in [2.45, 2.75) is 90.0 Å². The molecule has 1 nitrogen and oxygen atoms in total. The summed E-state index contributed by atoms with van der Waals surface area (Å²) in [6.45, 7) is 3.57. The third-order valence-electron chi connectivity index (χ3n) is 3.96. The van der Waals surface area contributed by atoms with Gasteiger partial charge in [0, 0.05) is 6.04 Å². The second-order valence-electron chi connectivity index (χ2n) is 5.87. The van der Waals surface area contributed by atoms with E-state index in [1.54, 1.807) is 0 Å². The van der Waals surface area contributed by atoms with E-state index in [9.17, 15) is 0 Å². The number of nitrogens with one attached hydrogen (secondary N) is 1. The fourth-order valence-electron chi connectivity index (χ4n) is 2.67. The van der Waals surface area contributed by atoms with E-state index in [1.165, 1.54) is 83.6 Å². The first-order valence-electron chi connectivity index (χ1n) is 8.28. The van der Waals surface area contributed by atoms with Crippen molar-refractivity contribution in [1.29, 1.82) is 0 Å². The predicted molar refractivity (Wildman–Crippen MR) is 82.0 cm³/mol. The molecule has 0 radical (unpaired) electrons. The summed E-state index contributed by atoms with van der Waals surface area (Å²) in [6, 6.07) is 0.723. The Hall–Kier alpha value is -0.300. The average molecular weight is 251 g/mol. The van der Waals surface area contributed by atoms with E-state index < -0.39 is 0 Å². The van der Waals surface area contributed by atoms with Crippen LogP contribution in [-0.2, 0) is 0 Å². The molecule has 1 aliphatic rings. The van der Waals surface area contributed by atoms with E-state index >= 15 is 0 Å². The Bertz CT molecular complexity index is 198. The zero-order chi connectivity index (χ0) is 12.9. The third-order valence-corrected chi connectivity index (χ3v) is 3.96. The van der Waals surface area contributed by atoms with Crippen LogP contribution in [0.25, 0.3) is 0 Å². The van der Waals surface area contributed by atoms with Gasteiger partial charge in [-0.25, -0.2) is 0 Å². The van der Waals surface area contributed by atoms with Crippen LogP contribution in [0.4, 0.5) is 0 Å². The molecule has 0 aromatic carbocycles. The molecular formula is C17H33N. The van der Waals surface area contributed by atoms with Crippen molar-refractivity contribution < 1.29 is 0 Å². The summed E-state index contributed by atoms with van der Waals surface area (Å²) in [6.07, 6.45) is 21.4. The largest absolute Gasteiger partial charge is 0.314 e. The lowest BCUT2D eigenvalue weighted by Gasteiger charge is -2.13. The number of allylic oxidation sites excluding steroid dienone is 2. The van der Waals surface area contributed by atoms with Crippen molar-refractivity contribution in [2.75, 3.05) is 6.54 Å². The Morgan fingerprint density at radius 1 is 0.722 bits per heavy atom. The quantitative estimate of drug-likeness (QED) is 0.582. The minimum Gasteiger partial charge on any atom is -0.314 e. The van der Waals surface area contributed by atoms with Crippen molar-refractivity contribution in [3.8, 4) is 0 Å². The minimum absolute atomic E-state index is 0.723. The van der Waals surface area contributed by atoms with Crippen molar-refractivity contribution in [3.05, 3.63) is 12.2 Å². The molecule has 0 spiro atoms. The zero-order valence-electron chi connectivity index (χ0n) is 12.4. The first kappa shape index (κ1) is 15.8. The van der Waals surface area contributed by atoms with Crippen LogP contribution < -0.4 is 5.32 Å². The maximum Gasteiger partial charge on any atom is 0.00387 e. The molecule has 1 unspecified atom stereocenters. The standard InChI is InChI=1S/C17H33N/c1-17-15-13-11-9-7-5-3-2-4-6-8-10-12-14-16-18-17/h2-3,17-18H,4-16H2,1H3. The van der Waals surface area contributed by atoms with Gasteiger partial charge in [0.1, 0.15) is 0 Å². The molecule has 1 heterocycles. The van der Waals surface area contributed by atoms with Crippen molar-refractivity contribution >= 4 is 0 Å². The summed E-state index contributed by atoms with van der Waals surface area (Å²) < 4.78 is 0. The molecule has 0 aliphatic carbocycles. The molecule has 18 heavy (non-hydrogen) atoms. The predicted octanol–water partition coefficient (Wildman–Crippen LogP) is 5.22. The lowest BCUT2D eigenvalue weighted by Crippen LogP contribution is -2.26. The molecule has 0 fully saturated rings. The molecule has 1 N–H and O–H groups in total. The molecule has 1 rings (SSSR count). The third kappa shape index (κ3) is 9.70. The summed E-state index contributed by atoms with van der Waals surface area (Å²) in [7, 11) is 0. The molecule has 0 aromatic rings. The zero-order valence-corrected chi connectivity index (χ0v) is 12.4. The van der Waals surface area contributed by atoms with Gasteiger partial charge in [-0.15, -0.1) is 0 Å². The highest BCUT2D eigenvalue weighted by molar-refractivity contribution is 4.81. The number of rotatable bonds is 0. The van der Waals surface area contributed by atoms with Crippen LogP contribution in [0.2, 0.25) is 0 Å². The molecular weight excluding hydrogens is 218 g/mol. The molecule has 0 saturated carbocycles. The topological polar surface area (TPSA) is 12.0 Å². The summed E-state index contributed by atoms with van der Waals surface area (Å²) >= 11 is 0. The smallest absolute Gasteiger partial charge is 0.00387 e. The Kier molecular flexibility index (Phi) is 10.3. The van der Waals surface area contributed by atoms with E-state index in [1.807, 2.05) is 0 Å². The second-order valence-corrected chi connectivity index (χ2v) is 5.87. The highest BCUT2D eigenvalue weighted by Crippen LogP contribution is 2.10. The fraction of sp³-hybridized carbons (Fsp3) is 0.882. The van der Waals surface area contributed by atoms with Crippen molar-refractivity contribution in [2.24, 2.45) is 0 Å². The Balaban J connectivity index is 2.15. The Labute approximate surface area is 114 Å². The van der Waals surface area contributed by atoms with Gasteiger partial charge in [-0.05, 0) is 52.0 Å². The Morgan fingerprint density at radius 2 is 1.28 bits per heavy atom. The highest BCUT2D eigenvalue weighted by Gasteiger charge is 2.00. The molecule has 0 amide bonds. The summed E-state index contributed by atoms with van der Waals surface area (Å²) in [4.78, 5) is 0. The van der Waals surface area contributed by atoms with E-state index in [-0.39, 0.29) is 0 Å². The van der Waals surface area contributed by atoms with Crippen LogP contribution in [-0.4, -0.2) is 12.6 Å². The van der Waals surface area contributed by atoms with E-state index in [4.69, 9.17) is 0 Å². The van der Waals surface area contributed by atoms with Gasteiger partial charge >= 0.3 is 0 Å². The molecule has 1 atom stereocenters. The van der Waals surface area contributed by atoms with Crippen LogP contribution in [0.5, 0.6) is 0 Å². The van der Waals surface area contributed by atoms with Gasteiger partial charge < -0.3 is 5.32 Å².